The summed E-state index contributed by atoms with van der Waals surface area (Å²) < 4.78 is 95.1. The minimum atomic E-state index is -4.76. The molecule has 2 heterocycles. The Kier molecular flexibility index (Phi) is 7.51. The second-order valence-corrected chi connectivity index (χ2v) is 14.1. The highest BCUT2D eigenvalue weighted by Gasteiger charge is 2.48. The van der Waals surface area contributed by atoms with Gasteiger partial charge in [0.1, 0.15) is 0 Å². The highest BCUT2D eigenvalue weighted by Crippen LogP contribution is 2.61. The van der Waals surface area contributed by atoms with Crippen molar-refractivity contribution < 1.29 is 26.3 Å². The summed E-state index contributed by atoms with van der Waals surface area (Å²) in [6.07, 6.45) is -9.50. The molecule has 0 bridgehead atoms. The topological polar surface area (TPSA) is 9.86 Å². The van der Waals surface area contributed by atoms with Gasteiger partial charge in [0.2, 0.25) is 0 Å². The van der Waals surface area contributed by atoms with Crippen LogP contribution in [-0.2, 0) is 18.9 Å². The molecule has 0 fully saturated rings. The predicted octanol–water partition coefficient (Wildman–Crippen LogP) is 13.5. The van der Waals surface area contributed by atoms with E-state index in [9.17, 15) is 0 Å². The molecular formula is C46H32F6N2. The van der Waals surface area contributed by atoms with E-state index in [2.05, 4.69) is 4.57 Å². The highest BCUT2D eigenvalue weighted by molar-refractivity contribution is 6.22. The fourth-order valence-electron chi connectivity index (χ4n) is 8.75. The van der Waals surface area contributed by atoms with Crippen LogP contribution in [0.15, 0.2) is 151 Å². The highest BCUT2D eigenvalue weighted by atomic mass is 19.4. The van der Waals surface area contributed by atoms with E-state index in [0.717, 1.165) is 44.7 Å². The summed E-state index contributed by atoms with van der Waals surface area (Å²) in [5, 5.41) is 3.62. The first-order chi connectivity index (χ1) is 25.9. The number of benzene rings is 6. The van der Waals surface area contributed by atoms with Crippen molar-refractivity contribution in [2.24, 2.45) is 5.41 Å². The Balaban J connectivity index is 1.50. The maximum atomic E-state index is 15.3. The van der Waals surface area contributed by atoms with Gasteiger partial charge in [-0.25, -0.2) is 0 Å². The zero-order valence-electron chi connectivity index (χ0n) is 29.2. The molecule has 268 valence electrons. The molecule has 9 rings (SSSR count). The molecule has 1 atom stereocenters. The number of hydrogen-bond acceptors (Lipinski definition) is 0. The van der Waals surface area contributed by atoms with E-state index in [1.807, 2.05) is 109 Å². The van der Waals surface area contributed by atoms with Crippen LogP contribution in [0.1, 0.15) is 36.1 Å². The quantitative estimate of drug-likeness (QED) is 0.156. The van der Waals surface area contributed by atoms with Crippen molar-refractivity contribution in [2.45, 2.75) is 32.7 Å². The lowest BCUT2D eigenvalue weighted by Crippen LogP contribution is -2.26. The van der Waals surface area contributed by atoms with Crippen molar-refractivity contribution in [1.82, 2.24) is 9.13 Å². The summed E-state index contributed by atoms with van der Waals surface area (Å²) in [7, 11) is 0. The third-order valence-corrected chi connectivity index (χ3v) is 11.2. The van der Waals surface area contributed by atoms with E-state index >= 15 is 26.3 Å². The van der Waals surface area contributed by atoms with Crippen LogP contribution in [0, 0.1) is 5.41 Å². The van der Waals surface area contributed by atoms with Crippen LogP contribution in [0.3, 0.4) is 0 Å². The average Bonchev–Trinajstić information content (AvgIpc) is 3.74. The van der Waals surface area contributed by atoms with Gasteiger partial charge in [0.15, 0.2) is 0 Å². The van der Waals surface area contributed by atoms with Crippen LogP contribution >= 0.6 is 0 Å². The maximum absolute atomic E-state index is 15.3. The van der Waals surface area contributed by atoms with Crippen molar-refractivity contribution in [2.75, 3.05) is 0 Å². The van der Waals surface area contributed by atoms with Crippen molar-refractivity contribution in [1.29, 1.82) is 0 Å². The number of allylic oxidation sites excluding steroid dienone is 4. The average molecular weight is 727 g/mol. The third kappa shape index (κ3) is 4.96. The van der Waals surface area contributed by atoms with Gasteiger partial charge in [-0.2, -0.15) is 26.3 Å². The molecule has 1 aliphatic rings. The van der Waals surface area contributed by atoms with E-state index in [0.29, 0.717) is 27.9 Å². The summed E-state index contributed by atoms with van der Waals surface area (Å²) in [6.45, 7) is 3.81. The Bertz CT molecular complexity index is 2760. The normalized spacial score (nSPS) is 16.9. The molecule has 2 nitrogen and oxygen atoms in total. The fraction of sp³-hybridized carbons (Fsp3) is 0.130. The third-order valence-electron chi connectivity index (χ3n) is 11.2. The van der Waals surface area contributed by atoms with E-state index in [-0.39, 0.29) is 23.2 Å². The Hall–Kier alpha value is -6.02. The van der Waals surface area contributed by atoms with Crippen LogP contribution < -0.4 is 0 Å². The van der Waals surface area contributed by atoms with Gasteiger partial charge in [0.25, 0.3) is 0 Å². The van der Waals surface area contributed by atoms with Gasteiger partial charge in [-0.1, -0.05) is 115 Å². The van der Waals surface area contributed by atoms with E-state index in [1.165, 1.54) is 24.3 Å². The number of nitrogens with zero attached hydrogens (tertiary/aromatic N) is 2. The molecular weight excluding hydrogens is 695 g/mol. The monoisotopic (exact) mass is 726 g/mol. The van der Waals surface area contributed by atoms with Gasteiger partial charge in [0, 0.05) is 50.1 Å². The van der Waals surface area contributed by atoms with Gasteiger partial charge in [-0.3, -0.25) is 0 Å². The van der Waals surface area contributed by atoms with Gasteiger partial charge in [-0.05, 0) is 66.9 Å². The van der Waals surface area contributed by atoms with E-state index in [4.69, 9.17) is 0 Å². The number of halogens is 6. The minimum absolute atomic E-state index is 0.0797. The number of alkyl halides is 6. The smallest absolute Gasteiger partial charge is 0.339 e. The van der Waals surface area contributed by atoms with E-state index < -0.39 is 28.9 Å². The largest absolute Gasteiger partial charge is 0.417 e. The van der Waals surface area contributed by atoms with Gasteiger partial charge >= 0.3 is 12.4 Å². The Morgan fingerprint density at radius 2 is 0.852 bits per heavy atom. The molecule has 0 aliphatic heterocycles. The molecule has 0 saturated heterocycles. The zero-order valence-corrected chi connectivity index (χ0v) is 29.2. The number of para-hydroxylation sites is 4. The van der Waals surface area contributed by atoms with Crippen LogP contribution in [0.25, 0.3) is 60.5 Å². The lowest BCUT2D eigenvalue weighted by Gasteiger charge is -2.33. The maximum Gasteiger partial charge on any atom is 0.417 e. The molecule has 1 aliphatic carbocycles. The second kappa shape index (κ2) is 12.0. The predicted molar refractivity (Wildman–Crippen MR) is 206 cm³/mol. The summed E-state index contributed by atoms with van der Waals surface area (Å²) in [5.41, 5.74) is 1.32. The number of aromatic nitrogens is 2. The second-order valence-electron chi connectivity index (χ2n) is 14.1. The molecule has 0 spiro atoms. The van der Waals surface area contributed by atoms with Crippen molar-refractivity contribution in [3.63, 3.8) is 0 Å². The number of hydrogen-bond donors (Lipinski definition) is 0. The SMILES string of the molecule is CC1=C(c2ccccc2C(F)(F)F)C(n2c3ccccc3c3ccccc32)=C(c2ccccc2C(F)(F)F)[C@@]1(C)Cn1c2ccccc2c2ccccc21. The standard InChI is InChI=1S/C46H32F6N2/c1-28-41(33-19-3-9-21-35(33)45(47,48)49)43(54-39-25-13-7-17-31(39)32-18-8-14-26-40(32)54)42(34-20-4-10-22-36(34)46(50,51)52)44(28,2)27-53-37-23-11-5-15-29(37)30-16-6-12-24-38(30)53/h3-26H,27H2,1-2H3/t44-/m0/s1. The Morgan fingerprint density at radius 3 is 1.33 bits per heavy atom. The van der Waals surface area contributed by atoms with Gasteiger partial charge in [0.05, 0.1) is 27.9 Å². The van der Waals surface area contributed by atoms with Crippen molar-refractivity contribution >= 4 is 60.5 Å². The Labute approximate surface area is 306 Å². The summed E-state index contributed by atoms with van der Waals surface area (Å²) in [5.74, 6) is 0. The molecule has 8 heteroatoms. The van der Waals surface area contributed by atoms with Crippen LogP contribution in [0.2, 0.25) is 0 Å². The zero-order chi connectivity index (χ0) is 37.6. The molecule has 6 aromatic carbocycles. The molecule has 0 unspecified atom stereocenters. The molecule has 0 N–H and O–H groups in total. The molecule has 54 heavy (non-hydrogen) atoms. The molecule has 0 amide bonds. The Morgan fingerprint density at radius 1 is 0.481 bits per heavy atom. The first kappa shape index (κ1) is 33.8. The molecule has 0 saturated carbocycles. The summed E-state index contributed by atoms with van der Waals surface area (Å²) >= 11 is 0. The number of fused-ring (bicyclic) bond motifs is 6. The van der Waals surface area contributed by atoms with Crippen LogP contribution in [0.5, 0.6) is 0 Å². The number of rotatable bonds is 5. The van der Waals surface area contributed by atoms with Crippen molar-refractivity contribution in [3.8, 4) is 0 Å². The summed E-state index contributed by atoms with van der Waals surface area (Å²) in [4.78, 5) is 0. The van der Waals surface area contributed by atoms with Crippen molar-refractivity contribution in [3.05, 3.63) is 173 Å². The van der Waals surface area contributed by atoms with Gasteiger partial charge < -0.3 is 9.13 Å². The molecule has 2 aromatic heterocycles. The van der Waals surface area contributed by atoms with Gasteiger partial charge in [-0.15, -0.1) is 0 Å². The van der Waals surface area contributed by atoms with Crippen LogP contribution in [-0.4, -0.2) is 9.13 Å². The lowest BCUT2D eigenvalue weighted by molar-refractivity contribution is -0.138. The van der Waals surface area contributed by atoms with Crippen LogP contribution in [0.4, 0.5) is 26.3 Å². The fourth-order valence-corrected chi connectivity index (χ4v) is 8.75. The minimum Gasteiger partial charge on any atom is -0.339 e. The molecule has 0 radical (unpaired) electrons. The van der Waals surface area contributed by atoms with E-state index in [1.54, 1.807) is 19.1 Å². The lowest BCUT2D eigenvalue weighted by atomic mass is 9.74. The molecule has 8 aromatic rings. The first-order valence-corrected chi connectivity index (χ1v) is 17.6. The first-order valence-electron chi connectivity index (χ1n) is 17.6. The summed E-state index contributed by atoms with van der Waals surface area (Å²) in [6, 6.07) is 41.6.